The van der Waals surface area contributed by atoms with Crippen molar-refractivity contribution >= 4 is 17.6 Å². The Balaban J connectivity index is 2.50. The maximum atomic E-state index is 12.7. The van der Waals surface area contributed by atoms with Crippen molar-refractivity contribution in [2.75, 3.05) is 19.0 Å². The number of amides is 3. The lowest BCUT2D eigenvalue weighted by Gasteiger charge is -2.25. The molecule has 0 spiro atoms. The number of urea groups is 1. The van der Waals surface area contributed by atoms with E-state index in [0.29, 0.717) is 5.69 Å². The lowest BCUT2D eigenvalue weighted by molar-refractivity contribution is 0.0984. The summed E-state index contributed by atoms with van der Waals surface area (Å²) in [5, 5.41) is 0. The topological polar surface area (TPSA) is 53.5 Å². The first-order valence-corrected chi connectivity index (χ1v) is 6.54. The molecular weight excluding hydrogens is 266 g/mol. The fourth-order valence-corrected chi connectivity index (χ4v) is 1.92. The SMILES string of the molecule is Cc1ccccc1N(C(=O)c1ccccn1)C(=O)N(C)C. The van der Waals surface area contributed by atoms with Crippen LogP contribution >= 0.6 is 0 Å². The molecule has 3 amide bonds. The minimum Gasteiger partial charge on any atom is -0.330 e. The summed E-state index contributed by atoms with van der Waals surface area (Å²) in [6, 6.07) is 11.9. The molecule has 1 heterocycles. The van der Waals surface area contributed by atoms with Gasteiger partial charge in [0.1, 0.15) is 5.69 Å². The zero-order chi connectivity index (χ0) is 15.4. The molecule has 108 valence electrons. The van der Waals surface area contributed by atoms with Gasteiger partial charge in [-0.25, -0.2) is 9.69 Å². The van der Waals surface area contributed by atoms with Crippen LogP contribution in [0.1, 0.15) is 16.1 Å². The first kappa shape index (κ1) is 14.7. The maximum Gasteiger partial charge on any atom is 0.331 e. The van der Waals surface area contributed by atoms with Gasteiger partial charge >= 0.3 is 6.03 Å². The Labute approximate surface area is 123 Å². The number of anilines is 1. The molecule has 2 aromatic rings. The van der Waals surface area contributed by atoms with E-state index in [0.717, 1.165) is 10.5 Å². The number of carbonyl (C=O) groups excluding carboxylic acids is 2. The number of para-hydroxylation sites is 1. The van der Waals surface area contributed by atoms with Gasteiger partial charge in [-0.3, -0.25) is 9.78 Å². The second-order valence-electron chi connectivity index (χ2n) is 4.82. The maximum absolute atomic E-state index is 12.7. The summed E-state index contributed by atoms with van der Waals surface area (Å²) in [5.41, 5.74) is 1.64. The van der Waals surface area contributed by atoms with Gasteiger partial charge in [-0.15, -0.1) is 0 Å². The molecular formula is C16H17N3O2. The highest BCUT2D eigenvalue weighted by Gasteiger charge is 2.27. The lowest BCUT2D eigenvalue weighted by atomic mass is 10.1. The van der Waals surface area contributed by atoms with Crippen LogP contribution in [0.4, 0.5) is 10.5 Å². The molecule has 0 radical (unpaired) electrons. The Hall–Kier alpha value is -2.69. The van der Waals surface area contributed by atoms with Crippen LogP contribution in [0.5, 0.6) is 0 Å². The van der Waals surface area contributed by atoms with Gasteiger partial charge in [-0.05, 0) is 30.7 Å². The molecule has 0 aliphatic carbocycles. The molecule has 0 aliphatic rings. The number of hydrogen-bond donors (Lipinski definition) is 0. The normalized spacial score (nSPS) is 10.0. The molecule has 21 heavy (non-hydrogen) atoms. The Bertz CT molecular complexity index is 654. The number of rotatable bonds is 2. The number of pyridine rings is 1. The zero-order valence-corrected chi connectivity index (χ0v) is 12.3. The first-order chi connectivity index (χ1) is 10.0. The van der Waals surface area contributed by atoms with E-state index in [1.54, 1.807) is 44.4 Å². The second-order valence-corrected chi connectivity index (χ2v) is 4.82. The number of imide groups is 1. The molecule has 0 atom stereocenters. The number of nitrogens with zero attached hydrogens (tertiary/aromatic N) is 3. The van der Waals surface area contributed by atoms with Crippen molar-refractivity contribution in [3.63, 3.8) is 0 Å². The van der Waals surface area contributed by atoms with Gasteiger partial charge in [0.15, 0.2) is 0 Å². The molecule has 0 aliphatic heterocycles. The summed E-state index contributed by atoms with van der Waals surface area (Å²) in [6.45, 7) is 1.86. The molecule has 0 unspecified atom stereocenters. The standard InChI is InChI=1S/C16H17N3O2/c1-12-8-4-5-10-14(12)19(16(21)18(2)3)15(20)13-9-6-7-11-17-13/h4-11H,1-3H3. The molecule has 2 rings (SSSR count). The monoisotopic (exact) mass is 283 g/mol. The molecule has 1 aromatic heterocycles. The van der Waals surface area contributed by atoms with E-state index in [1.807, 2.05) is 19.1 Å². The van der Waals surface area contributed by atoms with E-state index < -0.39 is 11.9 Å². The minimum atomic E-state index is -0.441. The fourth-order valence-electron chi connectivity index (χ4n) is 1.92. The van der Waals surface area contributed by atoms with Gasteiger partial charge in [0, 0.05) is 20.3 Å². The van der Waals surface area contributed by atoms with Crippen LogP contribution in [0.2, 0.25) is 0 Å². The molecule has 0 saturated carbocycles. The Morgan fingerprint density at radius 2 is 1.67 bits per heavy atom. The van der Waals surface area contributed by atoms with E-state index in [-0.39, 0.29) is 5.69 Å². The van der Waals surface area contributed by atoms with Gasteiger partial charge in [0.05, 0.1) is 5.69 Å². The number of aryl methyl sites for hydroxylation is 1. The summed E-state index contributed by atoms with van der Waals surface area (Å²) in [6.07, 6.45) is 1.53. The van der Waals surface area contributed by atoms with Crippen molar-refractivity contribution in [3.05, 3.63) is 59.9 Å². The number of carbonyl (C=O) groups is 2. The molecule has 1 aromatic carbocycles. The van der Waals surface area contributed by atoms with Gasteiger partial charge < -0.3 is 4.90 Å². The van der Waals surface area contributed by atoms with Crippen LogP contribution in [0.3, 0.4) is 0 Å². The van der Waals surface area contributed by atoms with Gasteiger partial charge in [0.25, 0.3) is 5.91 Å². The van der Waals surface area contributed by atoms with Crippen molar-refractivity contribution in [2.45, 2.75) is 6.92 Å². The van der Waals surface area contributed by atoms with Crippen LogP contribution in [-0.2, 0) is 0 Å². The fraction of sp³-hybridized carbons (Fsp3) is 0.188. The quantitative estimate of drug-likeness (QED) is 0.851. The average Bonchev–Trinajstić information content (AvgIpc) is 2.50. The third-order valence-electron chi connectivity index (χ3n) is 3.02. The molecule has 0 bridgehead atoms. The van der Waals surface area contributed by atoms with Crippen molar-refractivity contribution in [2.24, 2.45) is 0 Å². The largest absolute Gasteiger partial charge is 0.331 e. The third-order valence-corrected chi connectivity index (χ3v) is 3.02. The van der Waals surface area contributed by atoms with Crippen molar-refractivity contribution in [3.8, 4) is 0 Å². The highest BCUT2D eigenvalue weighted by atomic mass is 16.2. The van der Waals surface area contributed by atoms with E-state index in [2.05, 4.69) is 4.98 Å². The smallest absolute Gasteiger partial charge is 0.330 e. The molecule has 0 fully saturated rings. The molecule has 5 nitrogen and oxygen atoms in total. The summed E-state index contributed by atoms with van der Waals surface area (Å²) >= 11 is 0. The van der Waals surface area contributed by atoms with Crippen LogP contribution in [0.25, 0.3) is 0 Å². The summed E-state index contributed by atoms with van der Waals surface area (Å²) in [7, 11) is 3.22. The third kappa shape index (κ3) is 3.08. The Kier molecular flexibility index (Phi) is 4.33. The molecule has 0 N–H and O–H groups in total. The minimum absolute atomic E-state index is 0.232. The van der Waals surface area contributed by atoms with Crippen LogP contribution in [-0.4, -0.2) is 35.9 Å². The summed E-state index contributed by atoms with van der Waals surface area (Å²) < 4.78 is 0. The Morgan fingerprint density at radius 1 is 1.00 bits per heavy atom. The average molecular weight is 283 g/mol. The first-order valence-electron chi connectivity index (χ1n) is 6.54. The lowest BCUT2D eigenvalue weighted by Crippen LogP contribution is -2.44. The van der Waals surface area contributed by atoms with E-state index in [1.165, 1.54) is 11.1 Å². The summed E-state index contributed by atoms with van der Waals surface area (Å²) in [4.78, 5) is 31.6. The highest BCUT2D eigenvalue weighted by Crippen LogP contribution is 2.22. The predicted octanol–water partition coefficient (Wildman–Crippen LogP) is 2.72. The van der Waals surface area contributed by atoms with Gasteiger partial charge in [-0.1, -0.05) is 24.3 Å². The second kappa shape index (κ2) is 6.17. The zero-order valence-electron chi connectivity index (χ0n) is 12.3. The van der Waals surface area contributed by atoms with Crippen LogP contribution < -0.4 is 4.90 Å². The number of benzene rings is 1. The van der Waals surface area contributed by atoms with Crippen molar-refractivity contribution < 1.29 is 9.59 Å². The van der Waals surface area contributed by atoms with Crippen LogP contribution in [0.15, 0.2) is 48.7 Å². The molecule has 5 heteroatoms. The van der Waals surface area contributed by atoms with E-state index >= 15 is 0 Å². The number of hydrogen-bond acceptors (Lipinski definition) is 3. The van der Waals surface area contributed by atoms with E-state index in [4.69, 9.17) is 0 Å². The number of aromatic nitrogens is 1. The van der Waals surface area contributed by atoms with Gasteiger partial charge in [-0.2, -0.15) is 0 Å². The van der Waals surface area contributed by atoms with Crippen molar-refractivity contribution in [1.82, 2.24) is 9.88 Å². The van der Waals surface area contributed by atoms with Crippen LogP contribution in [0, 0.1) is 6.92 Å². The van der Waals surface area contributed by atoms with E-state index in [9.17, 15) is 9.59 Å². The predicted molar refractivity (Wildman–Crippen MR) is 81.3 cm³/mol. The Morgan fingerprint density at radius 3 is 2.24 bits per heavy atom. The highest BCUT2D eigenvalue weighted by molar-refractivity contribution is 6.20. The molecule has 0 saturated heterocycles. The summed E-state index contributed by atoms with van der Waals surface area (Å²) in [5.74, 6) is -0.441. The van der Waals surface area contributed by atoms with Crippen molar-refractivity contribution in [1.29, 1.82) is 0 Å². The van der Waals surface area contributed by atoms with Gasteiger partial charge in [0.2, 0.25) is 0 Å².